The highest BCUT2D eigenvalue weighted by molar-refractivity contribution is 5.78. The van der Waals surface area contributed by atoms with Crippen LogP contribution in [0.3, 0.4) is 0 Å². The van der Waals surface area contributed by atoms with Gasteiger partial charge in [0.1, 0.15) is 5.75 Å². The lowest BCUT2D eigenvalue weighted by atomic mass is 10.0. The molecule has 2 fully saturated rings. The fourth-order valence-corrected chi connectivity index (χ4v) is 4.78. The molecule has 1 aliphatic carbocycles. The predicted octanol–water partition coefficient (Wildman–Crippen LogP) is 3.96. The largest absolute Gasteiger partial charge is 0.483 e. The van der Waals surface area contributed by atoms with Crippen LogP contribution in [0, 0.1) is 26.7 Å². The minimum Gasteiger partial charge on any atom is -0.483 e. The van der Waals surface area contributed by atoms with E-state index in [1.807, 2.05) is 26.8 Å². The monoisotopic (exact) mass is 421 g/mol. The Balaban J connectivity index is 1.18. The Labute approximate surface area is 186 Å². The van der Waals surface area contributed by atoms with E-state index in [4.69, 9.17) is 10.5 Å². The van der Waals surface area contributed by atoms with Crippen molar-refractivity contribution in [3.63, 3.8) is 0 Å². The van der Waals surface area contributed by atoms with Crippen LogP contribution in [0.5, 0.6) is 5.75 Å². The van der Waals surface area contributed by atoms with Crippen LogP contribution in [-0.2, 0) is 4.79 Å². The molecule has 0 radical (unpaired) electrons. The summed E-state index contributed by atoms with van der Waals surface area (Å²) in [5, 5.41) is 3.16. The van der Waals surface area contributed by atoms with E-state index < -0.39 is 0 Å². The number of benzene rings is 2. The second-order valence-corrected chi connectivity index (χ2v) is 9.30. The minimum absolute atomic E-state index is 0.0451. The van der Waals surface area contributed by atoms with Gasteiger partial charge in [-0.2, -0.15) is 0 Å². The van der Waals surface area contributed by atoms with Crippen LogP contribution in [0.4, 0.5) is 5.69 Å². The van der Waals surface area contributed by atoms with Crippen molar-refractivity contribution in [1.29, 1.82) is 0 Å². The standard InChI is InChI=1S/C26H35N3O2/c1-17-13-24(18(2)19(3)26(17)27)31-16-25(30)28-22-9-11-29(12-10-22)15-21-14-23(21)20-7-5-4-6-8-20/h4-8,13,21-23H,9-12,14-16,27H2,1-3H3,(H,28,30)/t21-,23-/m0/s1. The number of amides is 1. The SMILES string of the molecule is Cc1cc(OCC(=O)NC2CCN(C[C@@H]3C[C@H]3c3ccccc3)CC2)c(C)c(C)c1N. The third kappa shape index (κ3) is 5.21. The number of nitrogens with zero attached hydrogens (tertiary/aromatic N) is 1. The van der Waals surface area contributed by atoms with Gasteiger partial charge < -0.3 is 20.7 Å². The van der Waals surface area contributed by atoms with Gasteiger partial charge in [0, 0.05) is 31.4 Å². The number of likely N-dealkylation sites (tertiary alicyclic amines) is 1. The van der Waals surface area contributed by atoms with E-state index in [-0.39, 0.29) is 18.6 Å². The molecule has 1 aliphatic heterocycles. The van der Waals surface area contributed by atoms with Gasteiger partial charge in [-0.05, 0) is 80.2 Å². The number of carbonyl (C=O) groups is 1. The first kappa shape index (κ1) is 21.7. The molecule has 2 aromatic rings. The quantitative estimate of drug-likeness (QED) is 0.664. The van der Waals surface area contributed by atoms with Crippen molar-refractivity contribution in [2.75, 3.05) is 32.0 Å². The van der Waals surface area contributed by atoms with E-state index in [0.717, 1.165) is 65.9 Å². The van der Waals surface area contributed by atoms with Crippen LogP contribution in [-0.4, -0.2) is 43.1 Å². The van der Waals surface area contributed by atoms with Crippen molar-refractivity contribution >= 4 is 11.6 Å². The summed E-state index contributed by atoms with van der Waals surface area (Å²) in [4.78, 5) is 15.0. The summed E-state index contributed by atoms with van der Waals surface area (Å²) in [7, 11) is 0. The molecule has 1 amide bonds. The Kier molecular flexibility index (Phi) is 6.51. The Hall–Kier alpha value is -2.53. The highest BCUT2D eigenvalue weighted by Crippen LogP contribution is 2.47. The first-order chi connectivity index (χ1) is 14.9. The summed E-state index contributed by atoms with van der Waals surface area (Å²) in [6, 6.07) is 13.0. The van der Waals surface area contributed by atoms with Crippen LogP contribution in [0.2, 0.25) is 0 Å². The smallest absolute Gasteiger partial charge is 0.258 e. The fraction of sp³-hybridized carbons (Fsp3) is 0.500. The van der Waals surface area contributed by atoms with Crippen LogP contribution in [0.15, 0.2) is 36.4 Å². The van der Waals surface area contributed by atoms with Gasteiger partial charge in [0.2, 0.25) is 0 Å². The fourth-order valence-electron chi connectivity index (χ4n) is 4.78. The Morgan fingerprint density at radius 3 is 2.55 bits per heavy atom. The number of rotatable bonds is 7. The molecule has 1 saturated carbocycles. The van der Waals surface area contributed by atoms with Crippen LogP contribution in [0.1, 0.15) is 47.4 Å². The van der Waals surface area contributed by atoms with E-state index in [2.05, 4.69) is 40.5 Å². The Morgan fingerprint density at radius 2 is 1.84 bits per heavy atom. The number of hydrogen-bond acceptors (Lipinski definition) is 4. The van der Waals surface area contributed by atoms with Gasteiger partial charge in [-0.3, -0.25) is 4.79 Å². The van der Waals surface area contributed by atoms with Crippen molar-refractivity contribution in [3.05, 3.63) is 58.7 Å². The number of nitrogens with one attached hydrogen (secondary N) is 1. The molecule has 3 N–H and O–H groups in total. The van der Waals surface area contributed by atoms with Gasteiger partial charge in [-0.25, -0.2) is 0 Å². The molecule has 2 atom stereocenters. The van der Waals surface area contributed by atoms with E-state index >= 15 is 0 Å². The number of nitrogens with two attached hydrogens (primary N) is 1. The Bertz CT molecular complexity index is 920. The molecular weight excluding hydrogens is 386 g/mol. The zero-order valence-corrected chi connectivity index (χ0v) is 19.0. The van der Waals surface area contributed by atoms with Crippen molar-refractivity contribution in [2.45, 2.75) is 52.0 Å². The van der Waals surface area contributed by atoms with Crippen LogP contribution < -0.4 is 15.8 Å². The summed E-state index contributed by atoms with van der Waals surface area (Å²) in [5.41, 5.74) is 11.4. The number of aryl methyl sites for hydroxylation is 1. The van der Waals surface area contributed by atoms with Crippen molar-refractivity contribution < 1.29 is 9.53 Å². The minimum atomic E-state index is -0.0451. The first-order valence-electron chi connectivity index (χ1n) is 11.5. The zero-order chi connectivity index (χ0) is 22.0. The topological polar surface area (TPSA) is 67.6 Å². The van der Waals surface area contributed by atoms with E-state index in [1.165, 1.54) is 18.5 Å². The second kappa shape index (κ2) is 9.31. The van der Waals surface area contributed by atoms with Crippen molar-refractivity contribution in [2.24, 2.45) is 5.92 Å². The molecule has 0 unspecified atom stereocenters. The molecule has 0 bridgehead atoms. The highest BCUT2D eigenvalue weighted by atomic mass is 16.5. The first-order valence-corrected chi connectivity index (χ1v) is 11.5. The molecule has 5 heteroatoms. The second-order valence-electron chi connectivity index (χ2n) is 9.30. The average molecular weight is 422 g/mol. The summed E-state index contributed by atoms with van der Waals surface area (Å²) < 4.78 is 5.81. The Morgan fingerprint density at radius 1 is 1.13 bits per heavy atom. The molecule has 4 rings (SSSR count). The summed E-state index contributed by atoms with van der Waals surface area (Å²) in [6.45, 7) is 9.27. The van der Waals surface area contributed by atoms with E-state index in [0.29, 0.717) is 0 Å². The maximum Gasteiger partial charge on any atom is 0.258 e. The average Bonchev–Trinajstić information content (AvgIpc) is 3.55. The van der Waals surface area contributed by atoms with E-state index in [1.54, 1.807) is 0 Å². The predicted molar refractivity (Wildman–Crippen MR) is 125 cm³/mol. The summed E-state index contributed by atoms with van der Waals surface area (Å²) in [6.07, 6.45) is 3.32. The van der Waals surface area contributed by atoms with Gasteiger partial charge in [-0.15, -0.1) is 0 Å². The molecule has 1 heterocycles. The molecule has 31 heavy (non-hydrogen) atoms. The molecule has 1 saturated heterocycles. The third-order valence-electron chi connectivity index (χ3n) is 7.06. The number of nitrogen functional groups attached to an aromatic ring is 1. The van der Waals surface area contributed by atoms with E-state index in [9.17, 15) is 4.79 Å². The maximum atomic E-state index is 12.4. The molecule has 0 spiro atoms. The van der Waals surface area contributed by atoms with Crippen molar-refractivity contribution in [3.8, 4) is 5.75 Å². The summed E-state index contributed by atoms with van der Waals surface area (Å²) >= 11 is 0. The van der Waals surface area contributed by atoms with Gasteiger partial charge in [0.05, 0.1) is 0 Å². The number of anilines is 1. The lowest BCUT2D eigenvalue weighted by Crippen LogP contribution is -2.46. The summed E-state index contributed by atoms with van der Waals surface area (Å²) in [5.74, 6) is 2.22. The van der Waals surface area contributed by atoms with Gasteiger partial charge in [0.15, 0.2) is 6.61 Å². The number of carbonyl (C=O) groups excluding carboxylic acids is 1. The lowest BCUT2D eigenvalue weighted by Gasteiger charge is -2.32. The van der Waals surface area contributed by atoms with Gasteiger partial charge in [-0.1, -0.05) is 30.3 Å². The zero-order valence-electron chi connectivity index (χ0n) is 19.0. The molecular formula is C26H35N3O2. The number of piperidine rings is 1. The van der Waals surface area contributed by atoms with Crippen molar-refractivity contribution in [1.82, 2.24) is 10.2 Å². The van der Waals surface area contributed by atoms with Gasteiger partial charge in [0.25, 0.3) is 5.91 Å². The van der Waals surface area contributed by atoms with Crippen LogP contribution in [0.25, 0.3) is 0 Å². The molecule has 2 aromatic carbocycles. The number of hydrogen-bond donors (Lipinski definition) is 2. The molecule has 5 nitrogen and oxygen atoms in total. The molecule has 166 valence electrons. The highest BCUT2D eigenvalue weighted by Gasteiger charge is 2.39. The normalized spacial score (nSPS) is 21.6. The molecule has 0 aromatic heterocycles. The number of ether oxygens (including phenoxy) is 1. The van der Waals surface area contributed by atoms with Crippen LogP contribution >= 0.6 is 0 Å². The maximum absolute atomic E-state index is 12.4. The third-order valence-corrected chi connectivity index (χ3v) is 7.06. The lowest BCUT2D eigenvalue weighted by molar-refractivity contribution is -0.124. The molecule has 2 aliphatic rings. The van der Waals surface area contributed by atoms with Gasteiger partial charge >= 0.3 is 0 Å².